The fraction of sp³-hybridized carbons (Fsp3) is 0.350. The molecular formula is C20H22N4O4S2. The van der Waals surface area contributed by atoms with Gasteiger partial charge in [0.15, 0.2) is 0 Å². The number of thiophene rings is 1. The van der Waals surface area contributed by atoms with Gasteiger partial charge in [0.05, 0.1) is 17.4 Å². The summed E-state index contributed by atoms with van der Waals surface area (Å²) < 4.78 is 28.9. The van der Waals surface area contributed by atoms with Crippen LogP contribution in [0, 0.1) is 0 Å². The Morgan fingerprint density at radius 1 is 1.13 bits per heavy atom. The zero-order chi connectivity index (χ0) is 21.1. The van der Waals surface area contributed by atoms with Crippen molar-refractivity contribution >= 4 is 43.2 Å². The molecule has 0 bridgehead atoms. The molecule has 1 aliphatic rings. The van der Waals surface area contributed by atoms with Crippen LogP contribution < -0.4 is 10.9 Å². The maximum Gasteiger partial charge on any atom is 0.262 e. The molecule has 1 fully saturated rings. The van der Waals surface area contributed by atoms with Gasteiger partial charge in [-0.2, -0.15) is 4.31 Å². The fourth-order valence-electron chi connectivity index (χ4n) is 3.53. The molecule has 1 amide bonds. The van der Waals surface area contributed by atoms with Crippen molar-refractivity contribution in [3.63, 3.8) is 0 Å². The molecule has 3 heterocycles. The number of benzene rings is 1. The van der Waals surface area contributed by atoms with Gasteiger partial charge in [-0.1, -0.05) is 18.6 Å². The van der Waals surface area contributed by atoms with E-state index in [-0.39, 0.29) is 35.0 Å². The van der Waals surface area contributed by atoms with E-state index in [1.807, 2.05) is 0 Å². The van der Waals surface area contributed by atoms with E-state index in [1.165, 1.54) is 32.6 Å². The van der Waals surface area contributed by atoms with Gasteiger partial charge in [0.2, 0.25) is 15.9 Å². The van der Waals surface area contributed by atoms with Crippen LogP contribution in [0.5, 0.6) is 0 Å². The molecule has 8 nitrogen and oxygen atoms in total. The Hall–Kier alpha value is -2.56. The number of nitrogens with zero attached hydrogens (tertiary/aromatic N) is 3. The summed E-state index contributed by atoms with van der Waals surface area (Å²) in [6.45, 7) is 1.14. The number of hydrogen-bond acceptors (Lipinski definition) is 6. The maximum atomic E-state index is 13.0. The minimum Gasteiger partial charge on any atom is -0.325 e. The first kappa shape index (κ1) is 20.7. The highest BCUT2D eigenvalue weighted by Gasteiger charge is 2.28. The van der Waals surface area contributed by atoms with Crippen molar-refractivity contribution < 1.29 is 13.2 Å². The molecule has 0 radical (unpaired) electrons. The normalized spacial score (nSPS) is 15.3. The van der Waals surface area contributed by atoms with Gasteiger partial charge in [-0.15, -0.1) is 11.3 Å². The molecule has 0 saturated carbocycles. The number of rotatable bonds is 6. The summed E-state index contributed by atoms with van der Waals surface area (Å²) in [4.78, 5) is 29.9. The van der Waals surface area contributed by atoms with Crippen LogP contribution in [0.1, 0.15) is 25.7 Å². The number of piperidine rings is 1. The fourth-order valence-corrected chi connectivity index (χ4v) is 5.91. The second kappa shape index (κ2) is 8.66. The summed E-state index contributed by atoms with van der Waals surface area (Å²) in [6.07, 6.45) is 4.16. The van der Waals surface area contributed by atoms with E-state index in [4.69, 9.17) is 0 Å². The molecule has 1 aliphatic heterocycles. The van der Waals surface area contributed by atoms with Gasteiger partial charge in [0.1, 0.15) is 9.73 Å². The van der Waals surface area contributed by atoms with Crippen LogP contribution in [-0.2, 0) is 21.4 Å². The van der Waals surface area contributed by atoms with Crippen LogP contribution >= 0.6 is 11.3 Å². The molecule has 2 aromatic heterocycles. The molecule has 0 aliphatic carbocycles. The SMILES string of the molecule is O=C(CCn1cnc2sccc2c1=O)Nc1ccccc1S(=O)(=O)N1CCCCC1. The maximum absolute atomic E-state index is 13.0. The Labute approximate surface area is 178 Å². The third-order valence-corrected chi connectivity index (χ3v) is 7.90. The van der Waals surface area contributed by atoms with Crippen LogP contribution in [0.2, 0.25) is 0 Å². The van der Waals surface area contributed by atoms with Crippen LogP contribution in [0.15, 0.2) is 51.7 Å². The number of carbonyl (C=O) groups is 1. The van der Waals surface area contributed by atoms with E-state index in [0.29, 0.717) is 23.3 Å². The topological polar surface area (TPSA) is 101 Å². The minimum absolute atomic E-state index is 0.0231. The van der Waals surface area contributed by atoms with Crippen molar-refractivity contribution in [1.29, 1.82) is 0 Å². The third-order valence-electron chi connectivity index (χ3n) is 5.12. The summed E-state index contributed by atoms with van der Waals surface area (Å²) >= 11 is 1.39. The molecular weight excluding hydrogens is 424 g/mol. The largest absolute Gasteiger partial charge is 0.325 e. The van der Waals surface area contributed by atoms with Crippen LogP contribution in [0.3, 0.4) is 0 Å². The molecule has 0 unspecified atom stereocenters. The minimum atomic E-state index is -3.68. The number of anilines is 1. The Morgan fingerprint density at radius 2 is 1.90 bits per heavy atom. The smallest absolute Gasteiger partial charge is 0.262 e. The number of para-hydroxylation sites is 1. The summed E-state index contributed by atoms with van der Waals surface area (Å²) in [5.74, 6) is -0.367. The van der Waals surface area contributed by atoms with Gasteiger partial charge in [0.25, 0.3) is 5.56 Å². The van der Waals surface area contributed by atoms with Gasteiger partial charge in [-0.05, 0) is 36.4 Å². The monoisotopic (exact) mass is 446 g/mol. The molecule has 4 rings (SSSR count). The Morgan fingerprint density at radius 3 is 2.70 bits per heavy atom. The summed E-state index contributed by atoms with van der Waals surface area (Å²) in [7, 11) is -3.68. The molecule has 30 heavy (non-hydrogen) atoms. The number of nitrogens with one attached hydrogen (secondary N) is 1. The zero-order valence-electron chi connectivity index (χ0n) is 16.3. The number of carbonyl (C=O) groups excluding carboxylic acids is 1. The van der Waals surface area contributed by atoms with Gasteiger partial charge < -0.3 is 5.32 Å². The highest BCUT2D eigenvalue weighted by molar-refractivity contribution is 7.89. The van der Waals surface area contributed by atoms with Gasteiger partial charge in [-0.25, -0.2) is 13.4 Å². The Kier molecular flexibility index (Phi) is 5.98. The first-order valence-electron chi connectivity index (χ1n) is 9.78. The van der Waals surface area contributed by atoms with E-state index >= 15 is 0 Å². The van der Waals surface area contributed by atoms with Crippen molar-refractivity contribution in [3.8, 4) is 0 Å². The Bertz CT molecular complexity index is 1230. The molecule has 0 atom stereocenters. The summed E-state index contributed by atoms with van der Waals surface area (Å²) in [5, 5.41) is 5.03. The molecule has 1 aromatic carbocycles. The first-order chi connectivity index (χ1) is 14.5. The lowest BCUT2D eigenvalue weighted by molar-refractivity contribution is -0.116. The van der Waals surface area contributed by atoms with Gasteiger partial charge in [-0.3, -0.25) is 14.2 Å². The van der Waals surface area contributed by atoms with Crippen molar-refractivity contribution in [2.24, 2.45) is 0 Å². The van der Waals surface area contributed by atoms with Crippen LogP contribution in [-0.4, -0.2) is 41.3 Å². The number of aromatic nitrogens is 2. The second-order valence-corrected chi connectivity index (χ2v) is 9.94. The Balaban J connectivity index is 1.48. The predicted octanol–water partition coefficient (Wildman–Crippen LogP) is 2.66. The van der Waals surface area contributed by atoms with E-state index in [2.05, 4.69) is 10.3 Å². The first-order valence-corrected chi connectivity index (χ1v) is 12.1. The average Bonchev–Trinajstić information content (AvgIpc) is 3.24. The molecule has 1 saturated heterocycles. The predicted molar refractivity (Wildman–Crippen MR) is 116 cm³/mol. The van der Waals surface area contributed by atoms with Crippen LogP contribution in [0.4, 0.5) is 5.69 Å². The summed E-state index contributed by atoms with van der Waals surface area (Å²) in [6, 6.07) is 8.14. The number of sulfonamides is 1. The lowest BCUT2D eigenvalue weighted by atomic mass is 10.2. The lowest BCUT2D eigenvalue weighted by Crippen LogP contribution is -2.36. The molecule has 0 spiro atoms. The third kappa shape index (κ3) is 4.16. The number of amides is 1. The number of aryl methyl sites for hydroxylation is 1. The van der Waals surface area contributed by atoms with E-state index in [1.54, 1.807) is 29.6 Å². The van der Waals surface area contributed by atoms with Gasteiger partial charge >= 0.3 is 0 Å². The summed E-state index contributed by atoms with van der Waals surface area (Å²) in [5.41, 5.74) is 0.0639. The second-order valence-electron chi connectivity index (χ2n) is 7.14. The standard InChI is InChI=1S/C20H22N4O4S2/c25-18(8-12-23-14-21-19-15(20(23)26)9-13-29-19)22-16-6-2-3-7-17(16)30(27,28)24-10-4-1-5-11-24/h2-3,6-7,9,13-14H,1,4-5,8,10-12H2,(H,22,25). The highest BCUT2D eigenvalue weighted by atomic mass is 32.2. The highest BCUT2D eigenvalue weighted by Crippen LogP contribution is 2.27. The molecule has 3 aromatic rings. The lowest BCUT2D eigenvalue weighted by Gasteiger charge is -2.26. The molecule has 1 N–H and O–H groups in total. The van der Waals surface area contributed by atoms with Crippen LogP contribution in [0.25, 0.3) is 10.2 Å². The number of fused-ring (bicyclic) bond motifs is 1. The molecule has 158 valence electrons. The van der Waals surface area contributed by atoms with Crippen molar-refractivity contribution in [3.05, 3.63) is 52.4 Å². The van der Waals surface area contributed by atoms with E-state index < -0.39 is 10.0 Å². The van der Waals surface area contributed by atoms with Crippen molar-refractivity contribution in [2.45, 2.75) is 37.1 Å². The molecule has 10 heteroatoms. The van der Waals surface area contributed by atoms with Gasteiger partial charge in [0, 0.05) is 26.1 Å². The van der Waals surface area contributed by atoms with E-state index in [0.717, 1.165) is 19.3 Å². The number of hydrogen-bond donors (Lipinski definition) is 1. The van der Waals surface area contributed by atoms with Crippen molar-refractivity contribution in [2.75, 3.05) is 18.4 Å². The van der Waals surface area contributed by atoms with E-state index in [9.17, 15) is 18.0 Å². The quantitative estimate of drug-likeness (QED) is 0.627. The van der Waals surface area contributed by atoms with Crippen molar-refractivity contribution in [1.82, 2.24) is 13.9 Å². The average molecular weight is 447 g/mol. The zero-order valence-corrected chi connectivity index (χ0v) is 17.9.